The standard InChI is InChI=1S/C21H19N3O3/c1-14-7-3-5-9-18(14)23-16-11-15(12-22-13-16)20(25)24-19-10-6-4-8-17(19)21(26)27-2/h3-13,23H,1-2H3,(H,24,25). The van der Waals surface area contributed by atoms with Gasteiger partial charge in [-0.2, -0.15) is 0 Å². The van der Waals surface area contributed by atoms with Crippen molar-refractivity contribution in [3.8, 4) is 0 Å². The number of hydrogen-bond donors (Lipinski definition) is 2. The highest BCUT2D eigenvalue weighted by molar-refractivity contribution is 6.08. The molecule has 0 aliphatic heterocycles. The number of ether oxygens (including phenoxy) is 1. The van der Waals surface area contributed by atoms with E-state index >= 15 is 0 Å². The topological polar surface area (TPSA) is 80.3 Å². The largest absolute Gasteiger partial charge is 0.465 e. The summed E-state index contributed by atoms with van der Waals surface area (Å²) in [5, 5.41) is 5.99. The molecule has 0 fully saturated rings. The second-order valence-corrected chi connectivity index (χ2v) is 5.89. The third-order valence-corrected chi connectivity index (χ3v) is 4.01. The fourth-order valence-electron chi connectivity index (χ4n) is 2.58. The van der Waals surface area contributed by atoms with E-state index in [1.54, 1.807) is 36.5 Å². The summed E-state index contributed by atoms with van der Waals surface area (Å²) in [6, 6.07) is 16.2. The second-order valence-electron chi connectivity index (χ2n) is 5.89. The van der Waals surface area contributed by atoms with E-state index in [4.69, 9.17) is 4.74 Å². The summed E-state index contributed by atoms with van der Waals surface area (Å²) in [6.45, 7) is 2.00. The molecule has 0 atom stereocenters. The molecule has 136 valence electrons. The average Bonchev–Trinajstić information content (AvgIpc) is 2.70. The van der Waals surface area contributed by atoms with Gasteiger partial charge >= 0.3 is 5.97 Å². The Hall–Kier alpha value is -3.67. The Kier molecular flexibility index (Phi) is 5.47. The molecule has 2 aromatic carbocycles. The van der Waals surface area contributed by atoms with Gasteiger partial charge in [0.2, 0.25) is 0 Å². The number of hydrogen-bond acceptors (Lipinski definition) is 5. The summed E-state index contributed by atoms with van der Waals surface area (Å²) in [7, 11) is 1.30. The molecule has 1 aromatic heterocycles. The van der Waals surface area contributed by atoms with Gasteiger partial charge in [-0.15, -0.1) is 0 Å². The zero-order chi connectivity index (χ0) is 19.2. The minimum absolute atomic E-state index is 0.287. The third kappa shape index (κ3) is 4.30. The third-order valence-electron chi connectivity index (χ3n) is 4.01. The molecule has 3 rings (SSSR count). The number of nitrogens with one attached hydrogen (secondary N) is 2. The maximum absolute atomic E-state index is 12.6. The second kappa shape index (κ2) is 8.14. The number of anilines is 3. The molecule has 6 nitrogen and oxygen atoms in total. The molecule has 0 saturated heterocycles. The van der Waals surface area contributed by atoms with Gasteiger partial charge in [0.15, 0.2) is 0 Å². The Balaban J connectivity index is 1.81. The van der Waals surface area contributed by atoms with Crippen molar-refractivity contribution in [2.24, 2.45) is 0 Å². The number of rotatable bonds is 5. The van der Waals surface area contributed by atoms with Crippen LogP contribution >= 0.6 is 0 Å². The van der Waals surface area contributed by atoms with Crippen LogP contribution in [0.1, 0.15) is 26.3 Å². The number of nitrogens with zero attached hydrogens (tertiary/aromatic N) is 1. The van der Waals surface area contributed by atoms with E-state index in [1.165, 1.54) is 13.3 Å². The summed E-state index contributed by atoms with van der Waals surface area (Å²) in [5.74, 6) is -0.883. The first-order chi connectivity index (χ1) is 13.1. The van der Waals surface area contributed by atoms with Crippen molar-refractivity contribution in [3.63, 3.8) is 0 Å². The predicted molar refractivity (Wildman–Crippen MR) is 104 cm³/mol. The Morgan fingerprint density at radius 3 is 2.41 bits per heavy atom. The number of aryl methyl sites for hydroxylation is 1. The molecule has 0 saturated carbocycles. The van der Waals surface area contributed by atoms with Gasteiger partial charge in [-0.3, -0.25) is 9.78 Å². The van der Waals surface area contributed by atoms with Crippen LogP contribution in [0.2, 0.25) is 0 Å². The quantitative estimate of drug-likeness (QED) is 0.667. The number of pyridine rings is 1. The van der Waals surface area contributed by atoms with Crippen LogP contribution in [0, 0.1) is 6.92 Å². The molecule has 0 radical (unpaired) electrons. The van der Waals surface area contributed by atoms with E-state index in [2.05, 4.69) is 15.6 Å². The van der Waals surface area contributed by atoms with Crippen molar-refractivity contribution in [2.75, 3.05) is 17.7 Å². The first-order valence-corrected chi connectivity index (χ1v) is 8.35. The maximum Gasteiger partial charge on any atom is 0.339 e. The highest BCUT2D eigenvalue weighted by Crippen LogP contribution is 2.21. The summed E-state index contributed by atoms with van der Waals surface area (Å²) >= 11 is 0. The number of para-hydroxylation sites is 2. The average molecular weight is 361 g/mol. The number of amides is 1. The fraction of sp³-hybridized carbons (Fsp3) is 0.0952. The van der Waals surface area contributed by atoms with Crippen molar-refractivity contribution in [1.29, 1.82) is 0 Å². The highest BCUT2D eigenvalue weighted by atomic mass is 16.5. The number of esters is 1. The summed E-state index contributed by atoms with van der Waals surface area (Å²) < 4.78 is 4.75. The monoisotopic (exact) mass is 361 g/mol. The molecule has 0 aliphatic carbocycles. The number of carbonyl (C=O) groups is 2. The van der Waals surface area contributed by atoms with Gasteiger partial charge in [0, 0.05) is 11.9 Å². The van der Waals surface area contributed by atoms with Gasteiger partial charge in [-0.05, 0) is 36.8 Å². The van der Waals surface area contributed by atoms with Crippen LogP contribution in [-0.2, 0) is 4.74 Å². The van der Waals surface area contributed by atoms with Crippen molar-refractivity contribution >= 4 is 28.9 Å². The molecule has 1 heterocycles. The molecule has 1 amide bonds. The first-order valence-electron chi connectivity index (χ1n) is 8.35. The predicted octanol–water partition coefficient (Wildman–Crippen LogP) is 4.17. The molecular formula is C21H19N3O3. The zero-order valence-corrected chi connectivity index (χ0v) is 15.0. The zero-order valence-electron chi connectivity index (χ0n) is 15.0. The molecule has 0 bridgehead atoms. The van der Waals surface area contributed by atoms with E-state index < -0.39 is 5.97 Å². The van der Waals surface area contributed by atoms with E-state index in [9.17, 15) is 9.59 Å². The van der Waals surface area contributed by atoms with Crippen LogP contribution in [0.15, 0.2) is 67.0 Å². The molecule has 27 heavy (non-hydrogen) atoms. The molecule has 0 aliphatic rings. The van der Waals surface area contributed by atoms with Crippen molar-refractivity contribution < 1.29 is 14.3 Å². The Morgan fingerprint density at radius 2 is 1.67 bits per heavy atom. The highest BCUT2D eigenvalue weighted by Gasteiger charge is 2.15. The van der Waals surface area contributed by atoms with E-state index in [1.807, 2.05) is 31.2 Å². The minimum atomic E-state index is -0.515. The van der Waals surface area contributed by atoms with Gasteiger partial charge < -0.3 is 15.4 Å². The van der Waals surface area contributed by atoms with E-state index in [0.29, 0.717) is 16.9 Å². The molecule has 0 spiro atoms. The van der Waals surface area contributed by atoms with Gasteiger partial charge in [-0.25, -0.2) is 4.79 Å². The van der Waals surface area contributed by atoms with Crippen LogP contribution in [-0.4, -0.2) is 24.0 Å². The lowest BCUT2D eigenvalue weighted by Gasteiger charge is -2.12. The van der Waals surface area contributed by atoms with Gasteiger partial charge in [0.25, 0.3) is 5.91 Å². The summed E-state index contributed by atoms with van der Waals surface area (Å²) in [4.78, 5) is 28.6. The Morgan fingerprint density at radius 1 is 0.963 bits per heavy atom. The van der Waals surface area contributed by atoms with Crippen LogP contribution in [0.25, 0.3) is 0 Å². The number of carbonyl (C=O) groups excluding carboxylic acids is 2. The number of benzene rings is 2. The van der Waals surface area contributed by atoms with Gasteiger partial charge in [0.05, 0.1) is 35.8 Å². The summed E-state index contributed by atoms with van der Waals surface area (Å²) in [5.41, 5.74) is 3.75. The Bertz CT molecular complexity index is 986. The van der Waals surface area contributed by atoms with Gasteiger partial charge in [-0.1, -0.05) is 30.3 Å². The van der Waals surface area contributed by atoms with Crippen LogP contribution in [0.3, 0.4) is 0 Å². The first kappa shape index (κ1) is 18.1. The van der Waals surface area contributed by atoms with E-state index in [-0.39, 0.29) is 11.5 Å². The number of methoxy groups -OCH3 is 1. The van der Waals surface area contributed by atoms with Crippen molar-refractivity contribution in [3.05, 3.63) is 83.7 Å². The van der Waals surface area contributed by atoms with Crippen molar-refractivity contribution in [2.45, 2.75) is 6.92 Å². The lowest BCUT2D eigenvalue weighted by Crippen LogP contribution is -2.15. The molecule has 6 heteroatoms. The Labute approximate surface area is 157 Å². The number of aromatic nitrogens is 1. The van der Waals surface area contributed by atoms with Crippen LogP contribution < -0.4 is 10.6 Å². The van der Waals surface area contributed by atoms with Gasteiger partial charge in [0.1, 0.15) is 0 Å². The normalized spacial score (nSPS) is 10.1. The minimum Gasteiger partial charge on any atom is -0.465 e. The SMILES string of the molecule is COC(=O)c1ccccc1NC(=O)c1cncc(Nc2ccccc2C)c1. The molecule has 0 unspecified atom stereocenters. The van der Waals surface area contributed by atoms with Crippen LogP contribution in [0.5, 0.6) is 0 Å². The smallest absolute Gasteiger partial charge is 0.339 e. The molecule has 3 aromatic rings. The lowest BCUT2D eigenvalue weighted by molar-refractivity contribution is 0.0602. The molecule has 2 N–H and O–H groups in total. The fourth-order valence-corrected chi connectivity index (χ4v) is 2.58. The maximum atomic E-state index is 12.6. The van der Waals surface area contributed by atoms with E-state index in [0.717, 1.165) is 11.3 Å². The lowest BCUT2D eigenvalue weighted by atomic mass is 10.1. The summed E-state index contributed by atoms with van der Waals surface area (Å²) in [6.07, 6.45) is 3.12. The van der Waals surface area contributed by atoms with Crippen molar-refractivity contribution in [1.82, 2.24) is 4.98 Å². The molecular weight excluding hydrogens is 342 g/mol. The van der Waals surface area contributed by atoms with Crippen LogP contribution in [0.4, 0.5) is 17.1 Å².